The number of hydrogen-bond acceptors (Lipinski definition) is 3. The van der Waals surface area contributed by atoms with Gasteiger partial charge in [0, 0.05) is 18.8 Å². The molecular weight excluding hydrogens is 218 g/mol. The molecule has 0 unspecified atom stereocenters. The Balaban J connectivity index is 2.86. The van der Waals surface area contributed by atoms with Gasteiger partial charge in [0.15, 0.2) is 0 Å². The van der Waals surface area contributed by atoms with Gasteiger partial charge in [0.05, 0.1) is 12.8 Å². The van der Waals surface area contributed by atoms with E-state index in [2.05, 4.69) is 5.32 Å². The molecule has 94 valence electrons. The Hall–Kier alpha value is -1.91. The summed E-state index contributed by atoms with van der Waals surface area (Å²) in [6.07, 6.45) is 0. The highest BCUT2D eigenvalue weighted by atomic mass is 16.5. The summed E-state index contributed by atoms with van der Waals surface area (Å²) in [7, 11) is 1.55. The molecule has 1 rings (SSSR count). The van der Waals surface area contributed by atoms with Crippen molar-refractivity contribution in [1.82, 2.24) is 4.90 Å². The Morgan fingerprint density at radius 2 is 2.06 bits per heavy atom. The molecular formula is C12H19N3O2. The number of nitrogens with one attached hydrogen (secondary N) is 1. The summed E-state index contributed by atoms with van der Waals surface area (Å²) in [5, 5.41) is 2.79. The molecule has 0 aliphatic heterocycles. The highest BCUT2D eigenvalue weighted by Gasteiger charge is 2.12. The van der Waals surface area contributed by atoms with Crippen molar-refractivity contribution in [2.45, 2.75) is 13.8 Å². The second-order valence-electron chi connectivity index (χ2n) is 3.56. The third-order valence-corrected chi connectivity index (χ3v) is 2.52. The Morgan fingerprint density at radius 1 is 1.41 bits per heavy atom. The Labute approximate surface area is 102 Å². The minimum absolute atomic E-state index is 0.154. The number of nitrogens with zero attached hydrogens (tertiary/aromatic N) is 1. The first-order chi connectivity index (χ1) is 8.12. The second kappa shape index (κ2) is 5.98. The lowest BCUT2D eigenvalue weighted by Gasteiger charge is -2.20. The average Bonchev–Trinajstić information content (AvgIpc) is 2.31. The highest BCUT2D eigenvalue weighted by molar-refractivity contribution is 5.91. The summed E-state index contributed by atoms with van der Waals surface area (Å²) in [6, 6.07) is 4.98. The summed E-state index contributed by atoms with van der Waals surface area (Å²) in [5.74, 6) is 0.597. The second-order valence-corrected chi connectivity index (χ2v) is 3.56. The fraction of sp³-hybridized carbons (Fsp3) is 0.417. The summed E-state index contributed by atoms with van der Waals surface area (Å²) >= 11 is 0. The lowest BCUT2D eigenvalue weighted by atomic mass is 10.2. The minimum atomic E-state index is -0.154. The summed E-state index contributed by atoms with van der Waals surface area (Å²) in [4.78, 5) is 13.6. The number of nitrogen functional groups attached to an aromatic ring is 1. The average molecular weight is 237 g/mol. The summed E-state index contributed by atoms with van der Waals surface area (Å²) in [6.45, 7) is 5.18. The molecule has 3 N–H and O–H groups in total. The van der Waals surface area contributed by atoms with E-state index >= 15 is 0 Å². The van der Waals surface area contributed by atoms with Crippen molar-refractivity contribution < 1.29 is 9.53 Å². The van der Waals surface area contributed by atoms with Gasteiger partial charge in [0.1, 0.15) is 5.75 Å². The van der Waals surface area contributed by atoms with E-state index in [1.165, 1.54) is 0 Å². The van der Waals surface area contributed by atoms with E-state index in [1.54, 1.807) is 30.2 Å². The molecule has 0 saturated carbocycles. The molecule has 1 aromatic rings. The van der Waals surface area contributed by atoms with E-state index in [4.69, 9.17) is 10.5 Å². The predicted octanol–water partition coefficient (Wildman–Crippen LogP) is 2.15. The fourth-order valence-corrected chi connectivity index (χ4v) is 1.53. The van der Waals surface area contributed by atoms with E-state index in [1.807, 2.05) is 13.8 Å². The molecule has 0 bridgehead atoms. The number of methoxy groups -OCH3 is 1. The molecule has 2 amide bonds. The maximum Gasteiger partial charge on any atom is 0.321 e. The summed E-state index contributed by atoms with van der Waals surface area (Å²) in [5.41, 5.74) is 6.85. The van der Waals surface area contributed by atoms with Gasteiger partial charge < -0.3 is 20.7 Å². The highest BCUT2D eigenvalue weighted by Crippen LogP contribution is 2.26. The molecule has 1 aromatic carbocycles. The minimum Gasteiger partial charge on any atom is -0.495 e. The van der Waals surface area contributed by atoms with Gasteiger partial charge in [-0.25, -0.2) is 4.79 Å². The Bertz CT molecular complexity index is 389. The van der Waals surface area contributed by atoms with Crippen molar-refractivity contribution in [3.05, 3.63) is 18.2 Å². The maximum absolute atomic E-state index is 11.9. The lowest BCUT2D eigenvalue weighted by molar-refractivity contribution is 0.217. The van der Waals surface area contributed by atoms with Gasteiger partial charge in [-0.2, -0.15) is 0 Å². The van der Waals surface area contributed by atoms with Gasteiger partial charge in [0.25, 0.3) is 0 Å². The van der Waals surface area contributed by atoms with E-state index < -0.39 is 0 Å². The van der Waals surface area contributed by atoms with E-state index in [0.29, 0.717) is 30.2 Å². The number of carbonyl (C=O) groups excluding carboxylic acids is 1. The first-order valence-electron chi connectivity index (χ1n) is 5.61. The van der Waals surface area contributed by atoms with Crippen molar-refractivity contribution in [2.24, 2.45) is 0 Å². The van der Waals surface area contributed by atoms with Crippen molar-refractivity contribution in [1.29, 1.82) is 0 Å². The normalized spacial score (nSPS) is 9.82. The van der Waals surface area contributed by atoms with E-state index in [-0.39, 0.29) is 6.03 Å². The fourth-order valence-electron chi connectivity index (χ4n) is 1.53. The molecule has 0 aliphatic rings. The molecule has 0 aromatic heterocycles. The first kappa shape index (κ1) is 13.2. The standard InChI is InChI=1S/C12H19N3O2/c1-4-15(5-2)12(16)14-10-8-9(13)6-7-11(10)17-3/h6-8H,4-5,13H2,1-3H3,(H,14,16). The maximum atomic E-state index is 11.9. The molecule has 0 spiro atoms. The van der Waals surface area contributed by atoms with Gasteiger partial charge >= 0.3 is 6.03 Å². The van der Waals surface area contributed by atoms with Crippen LogP contribution in [0.2, 0.25) is 0 Å². The van der Waals surface area contributed by atoms with Crippen LogP contribution < -0.4 is 15.8 Å². The Morgan fingerprint density at radius 3 is 2.59 bits per heavy atom. The van der Waals surface area contributed by atoms with Crippen LogP contribution >= 0.6 is 0 Å². The molecule has 0 atom stereocenters. The van der Waals surface area contributed by atoms with Gasteiger partial charge in [-0.05, 0) is 32.0 Å². The number of urea groups is 1. The monoisotopic (exact) mass is 237 g/mol. The molecule has 0 saturated heterocycles. The topological polar surface area (TPSA) is 67.6 Å². The number of hydrogen-bond donors (Lipinski definition) is 2. The van der Waals surface area contributed by atoms with Crippen LogP contribution in [0.4, 0.5) is 16.2 Å². The molecule has 0 heterocycles. The zero-order valence-electron chi connectivity index (χ0n) is 10.5. The number of nitrogens with two attached hydrogens (primary N) is 1. The number of anilines is 2. The van der Waals surface area contributed by atoms with Gasteiger partial charge in [-0.1, -0.05) is 0 Å². The smallest absolute Gasteiger partial charge is 0.321 e. The van der Waals surface area contributed by atoms with Crippen LogP contribution in [0.5, 0.6) is 5.75 Å². The van der Waals surface area contributed by atoms with Gasteiger partial charge in [-0.3, -0.25) is 0 Å². The third kappa shape index (κ3) is 3.27. The van der Waals surface area contributed by atoms with Crippen LogP contribution in [-0.4, -0.2) is 31.1 Å². The van der Waals surface area contributed by atoms with Crippen molar-refractivity contribution in [2.75, 3.05) is 31.2 Å². The zero-order chi connectivity index (χ0) is 12.8. The molecule has 0 fully saturated rings. The largest absolute Gasteiger partial charge is 0.495 e. The van der Waals surface area contributed by atoms with Gasteiger partial charge in [0.2, 0.25) is 0 Å². The lowest BCUT2D eigenvalue weighted by Crippen LogP contribution is -2.34. The van der Waals surface area contributed by atoms with Crippen LogP contribution in [-0.2, 0) is 0 Å². The molecule has 0 aliphatic carbocycles. The van der Waals surface area contributed by atoms with Crippen LogP contribution in [0, 0.1) is 0 Å². The number of amides is 2. The molecule has 17 heavy (non-hydrogen) atoms. The van der Waals surface area contributed by atoms with Crippen molar-refractivity contribution in [3.8, 4) is 5.75 Å². The molecule has 5 nitrogen and oxygen atoms in total. The van der Waals surface area contributed by atoms with E-state index in [0.717, 1.165) is 0 Å². The van der Waals surface area contributed by atoms with Crippen molar-refractivity contribution in [3.63, 3.8) is 0 Å². The molecule has 0 radical (unpaired) electrons. The first-order valence-corrected chi connectivity index (χ1v) is 5.61. The number of ether oxygens (including phenoxy) is 1. The van der Waals surface area contributed by atoms with Crippen LogP contribution in [0.25, 0.3) is 0 Å². The van der Waals surface area contributed by atoms with E-state index in [9.17, 15) is 4.79 Å². The molecule has 5 heteroatoms. The van der Waals surface area contributed by atoms with Crippen LogP contribution in [0.15, 0.2) is 18.2 Å². The summed E-state index contributed by atoms with van der Waals surface area (Å²) < 4.78 is 5.16. The quantitative estimate of drug-likeness (QED) is 0.788. The predicted molar refractivity (Wildman–Crippen MR) is 69.3 cm³/mol. The van der Waals surface area contributed by atoms with Crippen molar-refractivity contribution >= 4 is 17.4 Å². The van der Waals surface area contributed by atoms with Gasteiger partial charge in [-0.15, -0.1) is 0 Å². The third-order valence-electron chi connectivity index (χ3n) is 2.52. The zero-order valence-corrected chi connectivity index (χ0v) is 10.5. The number of rotatable bonds is 4. The SMILES string of the molecule is CCN(CC)C(=O)Nc1cc(N)ccc1OC. The van der Waals surface area contributed by atoms with Crippen LogP contribution in [0.1, 0.15) is 13.8 Å². The number of carbonyl (C=O) groups is 1. The number of benzene rings is 1. The van der Waals surface area contributed by atoms with Crippen LogP contribution in [0.3, 0.4) is 0 Å². The Kier molecular flexibility index (Phi) is 4.63.